The third-order valence-electron chi connectivity index (χ3n) is 13.5. The van der Waals surface area contributed by atoms with Crippen molar-refractivity contribution in [2.24, 2.45) is 44.8 Å². The van der Waals surface area contributed by atoms with Crippen molar-refractivity contribution < 1.29 is 9.53 Å². The molecular weight excluding hydrogens is 416 g/mol. The molecule has 1 unspecified atom stereocenters. The van der Waals surface area contributed by atoms with Crippen molar-refractivity contribution in [3.63, 3.8) is 0 Å². The molecule has 2 nitrogen and oxygen atoms in total. The number of ether oxygens (including phenoxy) is 1. The van der Waals surface area contributed by atoms with Crippen molar-refractivity contribution in [2.75, 3.05) is 0 Å². The van der Waals surface area contributed by atoms with Gasteiger partial charge in [-0.2, -0.15) is 0 Å². The molecule has 34 heavy (non-hydrogen) atoms. The molecule has 6 aliphatic carbocycles. The average Bonchev–Trinajstić information content (AvgIpc) is 3.08. The van der Waals surface area contributed by atoms with Gasteiger partial charge in [-0.05, 0) is 92.3 Å². The zero-order valence-electron chi connectivity index (χ0n) is 23.0. The largest absolute Gasteiger partial charge is 0.458 e. The standard InChI is InChI=1S/C32H48O2/c1-20-18-22-19-32(34-21(2)33)29(6)13-9-12-27(3,4)24(29)11-15-31(32,8)30(7)17-16-28(5)14-10-23(20)26(28)25(22)30/h22-24H,1,9-19H2,2-8H3/t22?,23-,24-,28+,29-,30+,31-,32-/m0/s1. The molecule has 0 N–H and O–H groups in total. The molecule has 0 radical (unpaired) electrons. The number of esters is 1. The fraction of sp³-hybridized carbons (Fsp3) is 0.844. The summed E-state index contributed by atoms with van der Waals surface area (Å²) in [7, 11) is 0. The van der Waals surface area contributed by atoms with Crippen molar-refractivity contribution in [2.45, 2.75) is 125 Å². The summed E-state index contributed by atoms with van der Waals surface area (Å²) in [5, 5.41) is 0. The molecule has 0 aromatic rings. The topological polar surface area (TPSA) is 26.3 Å². The lowest BCUT2D eigenvalue weighted by Crippen LogP contribution is -2.75. The normalized spacial score (nSPS) is 53.0. The van der Waals surface area contributed by atoms with E-state index < -0.39 is 5.60 Å². The third-order valence-corrected chi connectivity index (χ3v) is 13.5. The van der Waals surface area contributed by atoms with Crippen LogP contribution in [0.4, 0.5) is 0 Å². The summed E-state index contributed by atoms with van der Waals surface area (Å²) in [4.78, 5) is 13.0. The quantitative estimate of drug-likeness (QED) is 0.287. The van der Waals surface area contributed by atoms with Crippen molar-refractivity contribution in [3.8, 4) is 0 Å². The first-order valence-corrected chi connectivity index (χ1v) is 14.4. The van der Waals surface area contributed by atoms with Gasteiger partial charge in [0.1, 0.15) is 5.60 Å². The first-order chi connectivity index (χ1) is 15.7. The van der Waals surface area contributed by atoms with Gasteiger partial charge in [-0.25, -0.2) is 0 Å². The number of allylic oxidation sites excluding steroid dienone is 3. The Labute approximate surface area is 208 Å². The van der Waals surface area contributed by atoms with Crippen LogP contribution in [0.5, 0.6) is 0 Å². The second kappa shape index (κ2) is 6.63. The molecule has 0 saturated heterocycles. The molecule has 0 amide bonds. The highest BCUT2D eigenvalue weighted by Gasteiger charge is 2.77. The van der Waals surface area contributed by atoms with Crippen LogP contribution in [0.25, 0.3) is 0 Å². The van der Waals surface area contributed by atoms with Gasteiger partial charge >= 0.3 is 5.97 Å². The van der Waals surface area contributed by atoms with E-state index in [0.717, 1.165) is 12.8 Å². The zero-order chi connectivity index (χ0) is 24.5. The van der Waals surface area contributed by atoms with Crippen molar-refractivity contribution in [1.29, 1.82) is 0 Å². The maximum atomic E-state index is 13.0. The summed E-state index contributed by atoms with van der Waals surface area (Å²) in [5.74, 6) is 1.65. The Morgan fingerprint density at radius 2 is 1.65 bits per heavy atom. The molecule has 0 aromatic carbocycles. The van der Waals surface area contributed by atoms with Crippen molar-refractivity contribution >= 4 is 5.97 Å². The average molecular weight is 465 g/mol. The minimum Gasteiger partial charge on any atom is -0.458 e. The fourth-order valence-corrected chi connectivity index (χ4v) is 11.9. The van der Waals surface area contributed by atoms with Crippen LogP contribution < -0.4 is 0 Å². The smallest absolute Gasteiger partial charge is 0.303 e. The molecule has 0 heterocycles. The van der Waals surface area contributed by atoms with Crippen LogP contribution in [0.2, 0.25) is 0 Å². The summed E-state index contributed by atoms with van der Waals surface area (Å²) in [6.07, 6.45) is 13.5. The van der Waals surface area contributed by atoms with Gasteiger partial charge < -0.3 is 4.74 Å². The Hall–Kier alpha value is -1.05. The summed E-state index contributed by atoms with van der Waals surface area (Å²) < 4.78 is 6.90. The molecule has 188 valence electrons. The maximum Gasteiger partial charge on any atom is 0.303 e. The van der Waals surface area contributed by atoms with E-state index in [4.69, 9.17) is 4.74 Å². The van der Waals surface area contributed by atoms with E-state index in [9.17, 15) is 4.79 Å². The van der Waals surface area contributed by atoms with Gasteiger partial charge in [-0.1, -0.05) is 71.3 Å². The predicted molar refractivity (Wildman–Crippen MR) is 138 cm³/mol. The minimum absolute atomic E-state index is 0.0175. The number of rotatable bonds is 1. The first-order valence-electron chi connectivity index (χ1n) is 14.4. The van der Waals surface area contributed by atoms with Crippen molar-refractivity contribution in [3.05, 3.63) is 23.3 Å². The van der Waals surface area contributed by atoms with Crippen LogP contribution in [0.1, 0.15) is 119 Å². The Bertz CT molecular complexity index is 1000. The maximum absolute atomic E-state index is 13.0. The predicted octanol–water partition coefficient (Wildman–Crippen LogP) is 8.41. The van der Waals surface area contributed by atoms with Crippen LogP contribution in [-0.2, 0) is 9.53 Å². The molecule has 6 aliphatic rings. The van der Waals surface area contributed by atoms with Crippen LogP contribution in [-0.4, -0.2) is 11.6 Å². The van der Waals surface area contributed by atoms with Gasteiger partial charge in [-0.3, -0.25) is 4.79 Å². The fourth-order valence-electron chi connectivity index (χ4n) is 11.9. The lowest BCUT2D eigenvalue weighted by Gasteiger charge is -2.75. The minimum atomic E-state index is -0.393. The van der Waals surface area contributed by atoms with Crippen molar-refractivity contribution in [1.82, 2.24) is 0 Å². The Morgan fingerprint density at radius 3 is 2.35 bits per heavy atom. The monoisotopic (exact) mass is 464 g/mol. The Morgan fingerprint density at radius 1 is 0.912 bits per heavy atom. The number of hydrogen-bond donors (Lipinski definition) is 0. The first kappa shape index (κ1) is 23.4. The number of carbonyl (C=O) groups is 1. The van der Waals surface area contributed by atoms with Crippen LogP contribution in [0.15, 0.2) is 23.3 Å². The van der Waals surface area contributed by atoms with Gasteiger partial charge in [0.25, 0.3) is 0 Å². The summed E-state index contributed by atoms with van der Waals surface area (Å²) in [6.45, 7) is 21.6. The molecule has 0 aromatic heterocycles. The highest BCUT2D eigenvalue weighted by atomic mass is 16.6. The lowest BCUT2D eigenvalue weighted by molar-refractivity contribution is -0.299. The van der Waals surface area contributed by atoms with Gasteiger partial charge in [0.2, 0.25) is 0 Å². The number of fused-ring (bicyclic) bond motifs is 4. The molecule has 0 spiro atoms. The molecular formula is C32H48O2. The highest BCUT2D eigenvalue weighted by molar-refractivity contribution is 5.67. The summed E-state index contributed by atoms with van der Waals surface area (Å²) in [6, 6.07) is 0. The van der Waals surface area contributed by atoms with Crippen LogP contribution in [0, 0.1) is 44.8 Å². The van der Waals surface area contributed by atoms with Crippen LogP contribution in [0.3, 0.4) is 0 Å². The van der Waals surface area contributed by atoms with Gasteiger partial charge in [-0.15, -0.1) is 0 Å². The molecule has 6 rings (SSSR count). The molecule has 0 bridgehead atoms. The van der Waals surface area contributed by atoms with E-state index in [1.807, 2.05) is 5.57 Å². The van der Waals surface area contributed by atoms with Gasteiger partial charge in [0.05, 0.1) is 0 Å². The molecule has 2 heteroatoms. The van der Waals surface area contributed by atoms with Gasteiger partial charge in [0.15, 0.2) is 0 Å². The molecule has 4 saturated carbocycles. The SMILES string of the molecule is C=C1CC2C[C@@]3(OC(C)=O)[C@@](C)(CC[C@H]4C(C)(C)CCC[C@@]43C)[C@]3(C)CC[C@@]4(C)CC[C@@H]1C4=C23. The highest BCUT2D eigenvalue weighted by Crippen LogP contribution is 2.80. The lowest BCUT2D eigenvalue weighted by atomic mass is 9.31. The van der Waals surface area contributed by atoms with E-state index in [1.54, 1.807) is 12.5 Å². The summed E-state index contributed by atoms with van der Waals surface area (Å²) >= 11 is 0. The van der Waals surface area contributed by atoms with E-state index in [1.165, 1.54) is 63.4 Å². The van der Waals surface area contributed by atoms with E-state index >= 15 is 0 Å². The second-order valence-electron chi connectivity index (χ2n) is 15.2. The number of carbonyl (C=O) groups excluding carboxylic acids is 1. The van der Waals surface area contributed by atoms with E-state index in [2.05, 4.69) is 48.1 Å². The molecule has 8 atom stereocenters. The number of hydrogen-bond acceptors (Lipinski definition) is 2. The Balaban J connectivity index is 1.62. The van der Waals surface area contributed by atoms with E-state index in [-0.39, 0.29) is 22.2 Å². The van der Waals surface area contributed by atoms with Gasteiger partial charge in [0, 0.05) is 23.7 Å². The summed E-state index contributed by atoms with van der Waals surface area (Å²) in [5.41, 5.74) is 5.49. The molecule has 4 fully saturated rings. The molecule has 0 aliphatic heterocycles. The van der Waals surface area contributed by atoms with E-state index in [0.29, 0.717) is 28.6 Å². The zero-order valence-corrected chi connectivity index (χ0v) is 23.0. The Kier molecular flexibility index (Phi) is 4.55. The second-order valence-corrected chi connectivity index (χ2v) is 15.2. The third kappa shape index (κ3) is 2.43. The van der Waals surface area contributed by atoms with Crippen LogP contribution >= 0.6 is 0 Å².